The highest BCUT2D eigenvalue weighted by molar-refractivity contribution is 7.40. The van der Waals surface area contributed by atoms with Crippen molar-refractivity contribution in [1.82, 2.24) is 9.38 Å². The molecule has 22 heavy (non-hydrogen) atoms. The summed E-state index contributed by atoms with van der Waals surface area (Å²) in [6, 6.07) is 8.01. The smallest absolute Gasteiger partial charge is 0.239 e. The molecule has 1 atom stereocenters. The lowest BCUT2D eigenvalue weighted by Gasteiger charge is -2.12. The highest BCUT2D eigenvalue weighted by Gasteiger charge is 2.12. The van der Waals surface area contributed by atoms with E-state index in [0.717, 1.165) is 33.7 Å². The van der Waals surface area contributed by atoms with Crippen LogP contribution in [-0.2, 0) is 0 Å². The largest absolute Gasteiger partial charge is 0.323 e. The molecule has 2 aromatic heterocycles. The molecule has 0 fully saturated rings. The highest BCUT2D eigenvalue weighted by Crippen LogP contribution is 2.30. The quantitative estimate of drug-likeness (QED) is 0.716. The second-order valence-corrected chi connectivity index (χ2v) is 6.02. The Kier molecular flexibility index (Phi) is 3.71. The van der Waals surface area contributed by atoms with Gasteiger partial charge in [-0.1, -0.05) is 12.1 Å². The molecule has 3 aromatic rings. The van der Waals surface area contributed by atoms with Crippen molar-refractivity contribution in [2.75, 3.05) is 5.32 Å². The Bertz CT molecular complexity index is 883. The Hall–Kier alpha value is -2.19. The summed E-state index contributed by atoms with van der Waals surface area (Å²) in [7, 11) is 2.13. The average Bonchev–Trinajstić information content (AvgIpc) is 2.86. The third kappa shape index (κ3) is 2.62. The molecule has 112 valence electrons. The maximum atomic E-state index is 11.2. The molecule has 0 radical (unpaired) electrons. The number of nitrogens with one attached hydrogen (secondary N) is 1. The number of aryl methyl sites for hydroxylation is 1. The van der Waals surface area contributed by atoms with Gasteiger partial charge in [-0.25, -0.2) is 4.98 Å². The van der Waals surface area contributed by atoms with E-state index in [2.05, 4.69) is 45.7 Å². The van der Waals surface area contributed by atoms with Crippen LogP contribution in [0.25, 0.3) is 16.9 Å². The summed E-state index contributed by atoms with van der Waals surface area (Å²) >= 11 is 0. The van der Waals surface area contributed by atoms with Crippen LogP contribution in [0.3, 0.4) is 0 Å². The number of carbonyl (C=O) groups excluding carboxylic acids is 1. The predicted molar refractivity (Wildman–Crippen MR) is 93.6 cm³/mol. The van der Waals surface area contributed by atoms with Crippen LogP contribution in [0.1, 0.15) is 16.7 Å². The lowest BCUT2D eigenvalue weighted by molar-refractivity contribution is 0.269. The van der Waals surface area contributed by atoms with Crippen molar-refractivity contribution in [3.8, 4) is 11.3 Å². The molecule has 1 aromatic carbocycles. The summed E-state index contributed by atoms with van der Waals surface area (Å²) in [5.41, 5.74) is 7.02. The van der Waals surface area contributed by atoms with Gasteiger partial charge in [-0.2, -0.15) is 0 Å². The molecule has 2 heterocycles. The Labute approximate surface area is 131 Å². The van der Waals surface area contributed by atoms with Crippen LogP contribution in [0.5, 0.6) is 0 Å². The molecule has 5 heteroatoms. The van der Waals surface area contributed by atoms with Gasteiger partial charge < -0.3 is 9.72 Å². The van der Waals surface area contributed by atoms with E-state index in [1.807, 2.05) is 35.7 Å². The minimum atomic E-state index is -0.140. The monoisotopic (exact) mass is 311 g/mol. The number of imidazole rings is 1. The van der Waals surface area contributed by atoms with Gasteiger partial charge in [-0.3, -0.25) is 4.79 Å². The van der Waals surface area contributed by atoms with Gasteiger partial charge in [0.1, 0.15) is 5.65 Å². The van der Waals surface area contributed by atoms with Gasteiger partial charge in [-0.15, -0.1) is 0 Å². The molecule has 0 aliphatic heterocycles. The van der Waals surface area contributed by atoms with E-state index in [-0.39, 0.29) is 5.65 Å². The first kappa shape index (κ1) is 14.7. The molecule has 1 unspecified atom stereocenters. The van der Waals surface area contributed by atoms with Gasteiger partial charge in [0, 0.05) is 23.6 Å². The Morgan fingerprint density at radius 1 is 1.09 bits per heavy atom. The fourth-order valence-electron chi connectivity index (χ4n) is 2.60. The molecule has 1 amide bonds. The van der Waals surface area contributed by atoms with E-state index in [1.165, 1.54) is 5.56 Å². The van der Waals surface area contributed by atoms with Crippen molar-refractivity contribution in [2.45, 2.75) is 20.8 Å². The predicted octanol–water partition coefficient (Wildman–Crippen LogP) is 4.33. The molecule has 4 nitrogen and oxygen atoms in total. The van der Waals surface area contributed by atoms with E-state index < -0.39 is 0 Å². The topological polar surface area (TPSA) is 46.4 Å². The van der Waals surface area contributed by atoms with Crippen molar-refractivity contribution in [3.63, 3.8) is 0 Å². The number of amides is 1. The van der Waals surface area contributed by atoms with Crippen LogP contribution in [0.2, 0.25) is 0 Å². The van der Waals surface area contributed by atoms with Gasteiger partial charge >= 0.3 is 0 Å². The molecule has 0 aliphatic rings. The van der Waals surface area contributed by atoms with Gasteiger partial charge in [0.05, 0.1) is 5.69 Å². The van der Waals surface area contributed by atoms with Gasteiger partial charge in [-0.05, 0) is 58.8 Å². The molecule has 0 spiro atoms. The second kappa shape index (κ2) is 5.54. The maximum Gasteiger partial charge on any atom is 0.239 e. The van der Waals surface area contributed by atoms with Crippen LogP contribution in [0.15, 0.2) is 36.7 Å². The van der Waals surface area contributed by atoms with Crippen molar-refractivity contribution >= 4 is 26.2 Å². The zero-order valence-electron chi connectivity index (χ0n) is 12.8. The summed E-state index contributed by atoms with van der Waals surface area (Å²) < 4.78 is 2.04. The Balaban J connectivity index is 2.10. The normalized spacial score (nSPS) is 10.9. The third-order valence-corrected chi connectivity index (χ3v) is 4.06. The van der Waals surface area contributed by atoms with E-state index in [9.17, 15) is 4.79 Å². The number of aromatic nitrogens is 2. The molecule has 0 aliphatic carbocycles. The SMILES string of the molecule is Cc1ccc2nc(-c3ccc(NC(=O)P)c(C)c3C)cn2c1. The maximum absolute atomic E-state index is 11.2. The van der Waals surface area contributed by atoms with Gasteiger partial charge in [0.2, 0.25) is 5.65 Å². The van der Waals surface area contributed by atoms with Crippen LogP contribution >= 0.6 is 9.24 Å². The number of hydrogen-bond donors (Lipinski definition) is 1. The number of rotatable bonds is 2. The molecule has 0 saturated carbocycles. The van der Waals surface area contributed by atoms with Crippen LogP contribution < -0.4 is 5.32 Å². The second-order valence-electron chi connectivity index (χ2n) is 5.50. The summed E-state index contributed by atoms with van der Waals surface area (Å²) in [6.45, 7) is 6.13. The van der Waals surface area contributed by atoms with E-state index >= 15 is 0 Å². The Morgan fingerprint density at radius 2 is 1.86 bits per heavy atom. The van der Waals surface area contributed by atoms with Crippen LogP contribution in [0.4, 0.5) is 10.5 Å². The van der Waals surface area contributed by atoms with Gasteiger partial charge in [0.15, 0.2) is 0 Å². The number of benzene rings is 1. The highest BCUT2D eigenvalue weighted by atomic mass is 31.0. The zero-order valence-corrected chi connectivity index (χ0v) is 14.0. The first-order valence-electron chi connectivity index (χ1n) is 7.08. The molecule has 0 saturated heterocycles. The lowest BCUT2D eigenvalue weighted by Crippen LogP contribution is -2.03. The number of fused-ring (bicyclic) bond motifs is 1. The molecular formula is C17H18N3OP. The summed E-state index contributed by atoms with van der Waals surface area (Å²) in [5, 5.41) is 2.83. The average molecular weight is 311 g/mol. The van der Waals surface area contributed by atoms with E-state index in [1.54, 1.807) is 0 Å². The Morgan fingerprint density at radius 3 is 2.59 bits per heavy atom. The standard InChI is InChI=1S/C17H18N3OP/c1-10-4-7-16-18-15(9-20(16)8-10)13-5-6-14(19-17(21)22)12(3)11(13)2/h4-9H,22H2,1-3H3,(H,19,21). The van der Waals surface area contributed by atoms with Crippen molar-refractivity contribution < 1.29 is 4.79 Å². The molecule has 3 rings (SSSR count). The third-order valence-electron chi connectivity index (χ3n) is 3.92. The van der Waals surface area contributed by atoms with E-state index in [4.69, 9.17) is 0 Å². The minimum Gasteiger partial charge on any atom is -0.323 e. The fraction of sp³-hybridized carbons (Fsp3) is 0.176. The lowest BCUT2D eigenvalue weighted by atomic mass is 9.99. The fourth-order valence-corrected chi connectivity index (χ4v) is 2.75. The first-order chi connectivity index (χ1) is 10.5. The summed E-state index contributed by atoms with van der Waals surface area (Å²) in [4.78, 5) is 15.9. The van der Waals surface area contributed by atoms with E-state index in [0.29, 0.717) is 0 Å². The van der Waals surface area contributed by atoms with Gasteiger partial charge in [0.25, 0.3) is 0 Å². The molecule has 0 bridgehead atoms. The summed E-state index contributed by atoms with van der Waals surface area (Å²) in [5.74, 6) is 0. The number of anilines is 1. The number of nitrogens with zero attached hydrogens (tertiary/aromatic N) is 2. The first-order valence-corrected chi connectivity index (χ1v) is 7.66. The van der Waals surface area contributed by atoms with Crippen LogP contribution in [0, 0.1) is 20.8 Å². The van der Waals surface area contributed by atoms with Crippen LogP contribution in [-0.4, -0.2) is 15.0 Å². The molecule has 1 N–H and O–H groups in total. The number of hydrogen-bond acceptors (Lipinski definition) is 2. The number of carbonyl (C=O) groups is 1. The summed E-state index contributed by atoms with van der Waals surface area (Å²) in [6.07, 6.45) is 4.11. The zero-order chi connectivity index (χ0) is 15.9. The van der Waals surface area contributed by atoms with Crippen molar-refractivity contribution in [2.24, 2.45) is 0 Å². The number of pyridine rings is 1. The minimum absolute atomic E-state index is 0.140. The van der Waals surface area contributed by atoms with Crippen molar-refractivity contribution in [1.29, 1.82) is 0 Å². The molecular weight excluding hydrogens is 293 g/mol. The van der Waals surface area contributed by atoms with Crippen molar-refractivity contribution in [3.05, 3.63) is 53.3 Å².